The highest BCUT2D eigenvalue weighted by atomic mass is 16.6. The zero-order valence-corrected chi connectivity index (χ0v) is 13.9. The van der Waals surface area contributed by atoms with Crippen LogP contribution in [0, 0.1) is 0 Å². The standard InChI is InChI=1S/C19H21NO5/c21-19(18-14-22-10-11-25-18)20-16-8-4-5-9-17(16)24-13-12-23-15-6-2-1-3-7-15/h1-9,18H,10-14H2,(H,20,21)/t18-/m1/s1. The van der Waals surface area contributed by atoms with E-state index in [2.05, 4.69) is 5.32 Å². The first-order valence-corrected chi connectivity index (χ1v) is 8.23. The van der Waals surface area contributed by atoms with Crippen LogP contribution in [0.25, 0.3) is 0 Å². The Kier molecular flexibility index (Phi) is 6.25. The van der Waals surface area contributed by atoms with E-state index in [0.29, 0.717) is 37.9 Å². The summed E-state index contributed by atoms with van der Waals surface area (Å²) < 4.78 is 22.0. The van der Waals surface area contributed by atoms with Gasteiger partial charge in [-0.1, -0.05) is 30.3 Å². The maximum Gasteiger partial charge on any atom is 0.256 e. The van der Waals surface area contributed by atoms with Crippen molar-refractivity contribution in [3.63, 3.8) is 0 Å². The van der Waals surface area contributed by atoms with Crippen LogP contribution in [0.4, 0.5) is 5.69 Å². The zero-order valence-electron chi connectivity index (χ0n) is 13.9. The molecule has 1 aliphatic heterocycles. The molecule has 1 atom stereocenters. The van der Waals surface area contributed by atoms with E-state index in [0.717, 1.165) is 5.75 Å². The van der Waals surface area contributed by atoms with Gasteiger partial charge in [0.15, 0.2) is 6.10 Å². The van der Waals surface area contributed by atoms with E-state index in [1.807, 2.05) is 42.5 Å². The number of carbonyl (C=O) groups excluding carboxylic acids is 1. The number of para-hydroxylation sites is 3. The third-order valence-corrected chi connectivity index (χ3v) is 3.61. The van der Waals surface area contributed by atoms with E-state index in [-0.39, 0.29) is 12.5 Å². The third kappa shape index (κ3) is 5.20. The van der Waals surface area contributed by atoms with Crippen LogP contribution >= 0.6 is 0 Å². The maximum absolute atomic E-state index is 12.2. The van der Waals surface area contributed by atoms with Crippen molar-refractivity contribution < 1.29 is 23.7 Å². The summed E-state index contributed by atoms with van der Waals surface area (Å²) in [5.74, 6) is 1.14. The number of hydrogen-bond acceptors (Lipinski definition) is 5. The summed E-state index contributed by atoms with van der Waals surface area (Å²) >= 11 is 0. The molecule has 1 aliphatic rings. The van der Waals surface area contributed by atoms with Gasteiger partial charge in [-0.15, -0.1) is 0 Å². The van der Waals surface area contributed by atoms with Crippen molar-refractivity contribution in [3.05, 3.63) is 54.6 Å². The molecule has 6 nitrogen and oxygen atoms in total. The van der Waals surface area contributed by atoms with E-state index in [1.165, 1.54) is 0 Å². The highest BCUT2D eigenvalue weighted by Gasteiger charge is 2.23. The van der Waals surface area contributed by atoms with Gasteiger partial charge in [-0.25, -0.2) is 0 Å². The SMILES string of the molecule is O=C(Nc1ccccc1OCCOc1ccccc1)[C@H]1COCCO1. The Morgan fingerprint density at radius 3 is 2.56 bits per heavy atom. The van der Waals surface area contributed by atoms with Gasteiger partial charge >= 0.3 is 0 Å². The Hall–Kier alpha value is -2.57. The minimum absolute atomic E-state index is 0.240. The molecule has 25 heavy (non-hydrogen) atoms. The van der Waals surface area contributed by atoms with E-state index in [4.69, 9.17) is 18.9 Å². The van der Waals surface area contributed by atoms with Crippen molar-refractivity contribution in [1.82, 2.24) is 0 Å². The molecule has 132 valence electrons. The lowest BCUT2D eigenvalue weighted by Crippen LogP contribution is -2.39. The molecule has 6 heteroatoms. The fourth-order valence-corrected chi connectivity index (χ4v) is 2.38. The van der Waals surface area contributed by atoms with Crippen molar-refractivity contribution in [3.8, 4) is 11.5 Å². The molecule has 2 aromatic carbocycles. The number of nitrogens with one attached hydrogen (secondary N) is 1. The molecule has 0 saturated carbocycles. The molecule has 2 aromatic rings. The Balaban J connectivity index is 1.50. The molecule has 1 N–H and O–H groups in total. The maximum atomic E-state index is 12.2. The molecular formula is C19H21NO5. The molecule has 0 aliphatic carbocycles. The minimum Gasteiger partial charge on any atom is -0.490 e. The van der Waals surface area contributed by atoms with Crippen LogP contribution in [0.5, 0.6) is 11.5 Å². The summed E-state index contributed by atoms with van der Waals surface area (Å²) in [6, 6.07) is 16.8. The quantitative estimate of drug-likeness (QED) is 0.783. The Morgan fingerprint density at radius 1 is 1.00 bits per heavy atom. The number of amides is 1. The first-order chi connectivity index (χ1) is 12.3. The smallest absolute Gasteiger partial charge is 0.256 e. The summed E-state index contributed by atoms with van der Waals surface area (Å²) in [7, 11) is 0. The van der Waals surface area contributed by atoms with Gasteiger partial charge in [0.05, 0.1) is 25.5 Å². The Labute approximate surface area is 146 Å². The van der Waals surface area contributed by atoms with Crippen molar-refractivity contribution in [2.75, 3.05) is 38.4 Å². The molecule has 1 fully saturated rings. The van der Waals surface area contributed by atoms with Crippen molar-refractivity contribution in [1.29, 1.82) is 0 Å². The predicted octanol–water partition coefficient (Wildman–Crippen LogP) is 2.50. The van der Waals surface area contributed by atoms with Gasteiger partial charge in [0.25, 0.3) is 5.91 Å². The highest BCUT2D eigenvalue weighted by molar-refractivity contribution is 5.95. The normalized spacial score (nSPS) is 16.9. The molecule has 1 heterocycles. The van der Waals surface area contributed by atoms with Crippen LogP contribution in [0.3, 0.4) is 0 Å². The van der Waals surface area contributed by atoms with Gasteiger partial charge in [0.1, 0.15) is 24.7 Å². The number of carbonyl (C=O) groups is 1. The zero-order chi connectivity index (χ0) is 17.3. The fraction of sp³-hybridized carbons (Fsp3) is 0.316. The first-order valence-electron chi connectivity index (χ1n) is 8.23. The monoisotopic (exact) mass is 343 g/mol. The Morgan fingerprint density at radius 2 is 1.76 bits per heavy atom. The summed E-state index contributed by atoms with van der Waals surface area (Å²) in [6.45, 7) is 1.98. The lowest BCUT2D eigenvalue weighted by molar-refractivity contribution is -0.142. The Bertz CT molecular complexity index is 671. The molecule has 1 amide bonds. The van der Waals surface area contributed by atoms with Crippen LogP contribution < -0.4 is 14.8 Å². The second-order valence-corrected chi connectivity index (χ2v) is 5.43. The molecule has 3 rings (SSSR count). The molecule has 0 spiro atoms. The summed E-state index contributed by atoms with van der Waals surface area (Å²) in [5.41, 5.74) is 0.599. The van der Waals surface area contributed by atoms with Crippen LogP contribution in [-0.2, 0) is 14.3 Å². The van der Waals surface area contributed by atoms with Crippen molar-refractivity contribution in [2.24, 2.45) is 0 Å². The summed E-state index contributed by atoms with van der Waals surface area (Å²) in [5, 5.41) is 2.83. The molecule has 0 aromatic heterocycles. The predicted molar refractivity (Wildman–Crippen MR) is 93.1 cm³/mol. The average Bonchev–Trinajstić information content (AvgIpc) is 2.68. The summed E-state index contributed by atoms with van der Waals surface area (Å²) in [4.78, 5) is 12.2. The second-order valence-electron chi connectivity index (χ2n) is 5.43. The van der Waals surface area contributed by atoms with E-state index >= 15 is 0 Å². The molecule has 0 unspecified atom stereocenters. The van der Waals surface area contributed by atoms with Gasteiger partial charge in [0, 0.05) is 0 Å². The molecule has 0 bridgehead atoms. The van der Waals surface area contributed by atoms with Gasteiger partial charge in [-0.05, 0) is 24.3 Å². The second kappa shape index (κ2) is 9.05. The largest absolute Gasteiger partial charge is 0.490 e. The molecule has 0 radical (unpaired) electrons. The minimum atomic E-state index is -0.594. The number of benzene rings is 2. The number of anilines is 1. The number of hydrogen-bond donors (Lipinski definition) is 1. The van der Waals surface area contributed by atoms with Gasteiger partial charge in [-0.2, -0.15) is 0 Å². The van der Waals surface area contributed by atoms with E-state index in [1.54, 1.807) is 12.1 Å². The summed E-state index contributed by atoms with van der Waals surface area (Å²) in [6.07, 6.45) is -0.594. The van der Waals surface area contributed by atoms with Crippen LogP contribution in [0.2, 0.25) is 0 Å². The molecular weight excluding hydrogens is 322 g/mol. The lowest BCUT2D eigenvalue weighted by Gasteiger charge is -2.22. The van der Waals surface area contributed by atoms with E-state index < -0.39 is 6.10 Å². The van der Waals surface area contributed by atoms with E-state index in [9.17, 15) is 4.79 Å². The third-order valence-electron chi connectivity index (χ3n) is 3.61. The van der Waals surface area contributed by atoms with Crippen molar-refractivity contribution in [2.45, 2.75) is 6.10 Å². The van der Waals surface area contributed by atoms with Crippen LogP contribution in [0.1, 0.15) is 0 Å². The highest BCUT2D eigenvalue weighted by Crippen LogP contribution is 2.24. The topological polar surface area (TPSA) is 66.0 Å². The average molecular weight is 343 g/mol. The van der Waals surface area contributed by atoms with Gasteiger partial charge in [0.2, 0.25) is 0 Å². The van der Waals surface area contributed by atoms with Gasteiger partial charge < -0.3 is 24.3 Å². The number of ether oxygens (including phenoxy) is 4. The van der Waals surface area contributed by atoms with Crippen LogP contribution in [0.15, 0.2) is 54.6 Å². The van der Waals surface area contributed by atoms with Crippen LogP contribution in [-0.4, -0.2) is 45.0 Å². The van der Waals surface area contributed by atoms with Crippen molar-refractivity contribution >= 4 is 11.6 Å². The fourth-order valence-electron chi connectivity index (χ4n) is 2.38. The first kappa shape index (κ1) is 17.3. The number of rotatable bonds is 7. The lowest BCUT2D eigenvalue weighted by atomic mass is 10.2. The van der Waals surface area contributed by atoms with Gasteiger partial charge in [-0.3, -0.25) is 4.79 Å². The molecule has 1 saturated heterocycles.